The van der Waals surface area contributed by atoms with Crippen molar-refractivity contribution in [1.82, 2.24) is 4.57 Å². The van der Waals surface area contributed by atoms with Crippen molar-refractivity contribution in [1.29, 1.82) is 0 Å². The van der Waals surface area contributed by atoms with Crippen molar-refractivity contribution in [3.8, 4) is 23.0 Å². The number of aromatic nitrogens is 1. The molecule has 0 N–H and O–H groups in total. The Bertz CT molecular complexity index is 2040. The summed E-state index contributed by atoms with van der Waals surface area (Å²) in [6, 6.07) is 13.9. The lowest BCUT2D eigenvalue weighted by Gasteiger charge is -2.25. The molecule has 1 aromatic heterocycles. The molecule has 3 aromatic carbocycles. The predicted molar refractivity (Wildman–Crippen MR) is 183 cm³/mol. The molecule has 0 spiro atoms. The van der Waals surface area contributed by atoms with Crippen LogP contribution < -0.4 is 33.8 Å². The highest BCUT2D eigenvalue weighted by Crippen LogP contribution is 2.38. The molecule has 0 aliphatic carbocycles. The summed E-state index contributed by atoms with van der Waals surface area (Å²) in [7, 11) is 1.53. The smallest absolute Gasteiger partial charge is 0.338 e. The van der Waals surface area contributed by atoms with Crippen LogP contribution in [0.2, 0.25) is 5.02 Å². The highest BCUT2D eigenvalue weighted by Gasteiger charge is 2.34. The Morgan fingerprint density at radius 3 is 2.46 bits per heavy atom. The summed E-state index contributed by atoms with van der Waals surface area (Å²) in [6.07, 6.45) is 1.61. The van der Waals surface area contributed by atoms with E-state index < -0.39 is 12.0 Å². The second kappa shape index (κ2) is 15.1. The molecule has 1 atom stereocenters. The van der Waals surface area contributed by atoms with Gasteiger partial charge in [0, 0.05) is 0 Å². The fourth-order valence-corrected chi connectivity index (χ4v) is 6.59. The summed E-state index contributed by atoms with van der Waals surface area (Å²) in [4.78, 5) is 32.6. The third-order valence-corrected chi connectivity index (χ3v) is 8.57. The van der Waals surface area contributed by atoms with E-state index in [2.05, 4.69) is 4.99 Å². The van der Waals surface area contributed by atoms with Gasteiger partial charge in [-0.3, -0.25) is 9.36 Å². The van der Waals surface area contributed by atoms with Gasteiger partial charge in [0.05, 0.1) is 53.3 Å². The van der Waals surface area contributed by atoms with E-state index in [0.717, 1.165) is 5.56 Å². The van der Waals surface area contributed by atoms with E-state index in [1.54, 1.807) is 62.4 Å². The fraction of sp³-hybridized carbons (Fsp3) is 0.306. The highest BCUT2D eigenvalue weighted by molar-refractivity contribution is 7.07. The molecule has 0 bridgehead atoms. The topological polar surface area (TPSA) is 97.6 Å². The van der Waals surface area contributed by atoms with Gasteiger partial charge in [-0.05, 0) is 93.8 Å². The number of hydrogen-bond acceptors (Lipinski definition) is 9. The Hall–Kier alpha value is -4.61. The Morgan fingerprint density at radius 1 is 1.04 bits per heavy atom. The first-order chi connectivity index (χ1) is 23.0. The zero-order valence-electron chi connectivity index (χ0n) is 27.5. The predicted octanol–water partition coefficient (Wildman–Crippen LogP) is 6.36. The minimum atomic E-state index is -0.839. The van der Waals surface area contributed by atoms with Gasteiger partial charge in [-0.1, -0.05) is 41.1 Å². The number of carbonyl (C=O) groups excluding carboxylic acids is 1. The number of methoxy groups -OCH3 is 1. The molecule has 1 aliphatic rings. The Labute approximate surface area is 286 Å². The van der Waals surface area contributed by atoms with Crippen LogP contribution in [-0.2, 0) is 16.1 Å². The number of benzene rings is 3. The van der Waals surface area contributed by atoms with Crippen LogP contribution >= 0.6 is 22.9 Å². The fourth-order valence-electron chi connectivity index (χ4n) is 5.27. The molecule has 252 valence electrons. The Morgan fingerprint density at radius 2 is 1.79 bits per heavy atom. The van der Waals surface area contributed by atoms with Crippen LogP contribution in [0.5, 0.6) is 23.0 Å². The maximum absolute atomic E-state index is 14.2. The van der Waals surface area contributed by atoms with Crippen LogP contribution in [0.4, 0.5) is 4.39 Å². The molecular formula is C36H36ClFN2O7S. The third-order valence-electron chi connectivity index (χ3n) is 7.31. The molecule has 1 aliphatic heterocycles. The molecule has 0 amide bonds. The monoisotopic (exact) mass is 694 g/mol. The SMILES string of the molecule is CCOC(=O)C1=C(C)N=c2s/c(=C\c3cc(Cl)c(OCc4ccc(F)cc4)c(OCC)c3)c(=O)n2[C@@H]1c1ccc(OC(C)C)c(OC)c1. The van der Waals surface area contributed by atoms with Crippen LogP contribution in [0.15, 0.2) is 75.7 Å². The number of rotatable bonds is 12. The largest absolute Gasteiger partial charge is 0.493 e. The maximum atomic E-state index is 14.2. The highest BCUT2D eigenvalue weighted by atomic mass is 35.5. The van der Waals surface area contributed by atoms with Crippen molar-refractivity contribution in [2.45, 2.75) is 53.4 Å². The molecule has 0 saturated heterocycles. The Kier molecular flexibility index (Phi) is 10.9. The number of fused-ring (bicyclic) bond motifs is 1. The van der Waals surface area contributed by atoms with Gasteiger partial charge in [0.15, 0.2) is 27.8 Å². The van der Waals surface area contributed by atoms with Crippen LogP contribution in [0.25, 0.3) is 6.08 Å². The van der Waals surface area contributed by atoms with Gasteiger partial charge in [0.2, 0.25) is 0 Å². The first-order valence-corrected chi connectivity index (χ1v) is 16.6. The van der Waals surface area contributed by atoms with E-state index in [1.807, 2.05) is 20.8 Å². The summed E-state index contributed by atoms with van der Waals surface area (Å²) < 4.78 is 44.0. The minimum absolute atomic E-state index is 0.0909. The van der Waals surface area contributed by atoms with Gasteiger partial charge in [0.25, 0.3) is 5.56 Å². The molecule has 2 heterocycles. The summed E-state index contributed by atoms with van der Waals surface area (Å²) in [5.41, 5.74) is 2.31. The molecule has 0 fully saturated rings. The standard InChI is InChI=1S/C36H36ClFN2O7S/c1-7-44-29-16-23(15-26(37)33(29)46-19-22-9-12-25(38)13-10-22)17-30-34(41)40-32(24-11-14-27(47-20(3)4)28(18-24)43-6)31(35(42)45-8-2)21(5)39-36(40)48-30/h9-18,20,32H,7-8,19H2,1-6H3/b30-17-/t32-/m1/s1. The number of hydrogen-bond donors (Lipinski definition) is 0. The van der Waals surface area contributed by atoms with Crippen LogP contribution in [-0.4, -0.2) is 37.0 Å². The molecule has 0 unspecified atom stereocenters. The van der Waals surface area contributed by atoms with E-state index in [0.29, 0.717) is 55.8 Å². The number of esters is 1. The summed E-state index contributed by atoms with van der Waals surface area (Å²) in [5, 5.41) is 0.274. The van der Waals surface area contributed by atoms with E-state index in [9.17, 15) is 14.0 Å². The molecule has 0 saturated carbocycles. The number of allylic oxidation sites excluding steroid dienone is 1. The molecule has 0 radical (unpaired) electrons. The first-order valence-electron chi connectivity index (χ1n) is 15.4. The number of ether oxygens (including phenoxy) is 5. The number of carbonyl (C=O) groups is 1. The van der Waals surface area contributed by atoms with E-state index in [4.69, 9.17) is 35.3 Å². The molecule has 48 heavy (non-hydrogen) atoms. The average Bonchev–Trinajstić information content (AvgIpc) is 3.34. The second-order valence-corrected chi connectivity index (χ2v) is 12.5. The first kappa shape index (κ1) is 34.7. The molecular weight excluding hydrogens is 659 g/mol. The van der Waals surface area contributed by atoms with Crippen molar-refractivity contribution in [3.05, 3.63) is 113 Å². The second-order valence-electron chi connectivity index (χ2n) is 11.1. The van der Waals surface area contributed by atoms with Crippen molar-refractivity contribution in [2.24, 2.45) is 4.99 Å². The zero-order chi connectivity index (χ0) is 34.5. The number of halogens is 2. The van der Waals surface area contributed by atoms with E-state index in [-0.39, 0.29) is 41.3 Å². The van der Waals surface area contributed by atoms with Gasteiger partial charge < -0.3 is 23.7 Å². The molecule has 5 rings (SSSR count). The van der Waals surface area contributed by atoms with Crippen LogP contribution in [0.1, 0.15) is 57.4 Å². The number of thiazole rings is 1. The molecule has 4 aromatic rings. The molecule has 12 heteroatoms. The van der Waals surface area contributed by atoms with E-state index >= 15 is 0 Å². The lowest BCUT2D eigenvalue weighted by atomic mass is 9.95. The van der Waals surface area contributed by atoms with Gasteiger partial charge in [-0.25, -0.2) is 14.2 Å². The van der Waals surface area contributed by atoms with Crippen molar-refractivity contribution >= 4 is 35.0 Å². The Balaban J connectivity index is 1.60. The van der Waals surface area contributed by atoms with Crippen molar-refractivity contribution in [3.63, 3.8) is 0 Å². The van der Waals surface area contributed by atoms with Gasteiger partial charge in [-0.2, -0.15) is 0 Å². The lowest BCUT2D eigenvalue weighted by Crippen LogP contribution is -2.40. The average molecular weight is 695 g/mol. The van der Waals surface area contributed by atoms with E-state index in [1.165, 1.54) is 35.1 Å². The minimum Gasteiger partial charge on any atom is -0.493 e. The molecule has 9 nitrogen and oxygen atoms in total. The van der Waals surface area contributed by atoms with Gasteiger partial charge in [0.1, 0.15) is 12.4 Å². The maximum Gasteiger partial charge on any atom is 0.338 e. The summed E-state index contributed by atoms with van der Waals surface area (Å²) in [6.45, 7) is 9.75. The normalized spacial score (nSPS) is 14.4. The van der Waals surface area contributed by atoms with Crippen molar-refractivity contribution < 1.29 is 32.9 Å². The van der Waals surface area contributed by atoms with Crippen molar-refractivity contribution in [2.75, 3.05) is 20.3 Å². The summed E-state index contributed by atoms with van der Waals surface area (Å²) >= 11 is 7.87. The zero-order valence-corrected chi connectivity index (χ0v) is 29.0. The summed E-state index contributed by atoms with van der Waals surface area (Å²) in [5.74, 6) is 0.808. The third kappa shape index (κ3) is 7.42. The van der Waals surface area contributed by atoms with Gasteiger partial charge in [-0.15, -0.1) is 0 Å². The van der Waals surface area contributed by atoms with Gasteiger partial charge >= 0.3 is 5.97 Å². The quantitative estimate of drug-likeness (QED) is 0.159. The number of nitrogens with zero attached hydrogens (tertiary/aromatic N) is 2. The van der Waals surface area contributed by atoms with Crippen LogP contribution in [0, 0.1) is 5.82 Å². The van der Waals surface area contributed by atoms with Crippen LogP contribution in [0.3, 0.4) is 0 Å². The lowest BCUT2D eigenvalue weighted by molar-refractivity contribution is -0.139.